The Balaban J connectivity index is 0.892. The molecule has 68 heavy (non-hydrogen) atoms. The lowest BCUT2D eigenvalue weighted by atomic mass is 9.82. The number of hydrogen-bond donors (Lipinski definition) is 0. The summed E-state index contributed by atoms with van der Waals surface area (Å²) in [6.07, 6.45) is 0. The number of fused-ring (bicyclic) bond motifs is 8. The highest BCUT2D eigenvalue weighted by atomic mass is 16.3. The lowest BCUT2D eigenvalue weighted by Crippen LogP contribution is -2.14. The smallest absolute Gasteiger partial charge is 0.164 e. The second kappa shape index (κ2) is 15.6. The van der Waals surface area contributed by atoms with Crippen molar-refractivity contribution in [3.8, 4) is 90.3 Å². The van der Waals surface area contributed by atoms with Crippen molar-refractivity contribution < 1.29 is 4.42 Å². The zero-order valence-corrected chi connectivity index (χ0v) is 37.4. The number of rotatable bonds is 7. The molecule has 0 fully saturated rings. The molecule has 0 saturated heterocycles. The van der Waals surface area contributed by atoms with Crippen molar-refractivity contribution in [2.24, 2.45) is 0 Å². The summed E-state index contributed by atoms with van der Waals surface area (Å²) in [6, 6.07) is 73.8. The summed E-state index contributed by atoms with van der Waals surface area (Å²) in [7, 11) is 0. The molecule has 6 nitrogen and oxygen atoms in total. The molecule has 0 spiro atoms. The van der Waals surface area contributed by atoms with Gasteiger partial charge in [-0.05, 0) is 81.2 Å². The Labute approximate surface area is 393 Å². The summed E-state index contributed by atoms with van der Waals surface area (Å²) in [5, 5.41) is 4.37. The second-order valence-corrected chi connectivity index (χ2v) is 18.1. The van der Waals surface area contributed by atoms with Crippen molar-refractivity contribution >= 4 is 32.7 Å². The van der Waals surface area contributed by atoms with E-state index in [0.717, 1.165) is 88.6 Å². The summed E-state index contributed by atoms with van der Waals surface area (Å²) < 4.78 is 6.58. The number of hydrogen-bond acceptors (Lipinski definition) is 6. The van der Waals surface area contributed by atoms with Crippen LogP contribution in [0, 0.1) is 0 Å². The molecule has 0 unspecified atom stereocenters. The zero-order chi connectivity index (χ0) is 45.3. The van der Waals surface area contributed by atoms with Crippen molar-refractivity contribution in [1.82, 2.24) is 24.9 Å². The summed E-state index contributed by atoms with van der Waals surface area (Å²) in [5.41, 5.74) is 16.2. The van der Waals surface area contributed by atoms with E-state index in [0.29, 0.717) is 23.3 Å². The number of furan rings is 1. The first-order chi connectivity index (χ1) is 33.4. The number of aromatic nitrogens is 5. The van der Waals surface area contributed by atoms with E-state index in [4.69, 9.17) is 29.3 Å². The first-order valence-electron chi connectivity index (χ1n) is 23.0. The van der Waals surface area contributed by atoms with Crippen molar-refractivity contribution in [3.63, 3.8) is 0 Å². The zero-order valence-electron chi connectivity index (χ0n) is 37.4. The number of nitrogens with zero attached hydrogens (tertiary/aromatic N) is 5. The minimum atomic E-state index is -0.130. The Morgan fingerprint density at radius 3 is 1.57 bits per heavy atom. The molecule has 3 heterocycles. The topological polar surface area (TPSA) is 77.6 Å². The fourth-order valence-electron chi connectivity index (χ4n) is 10.0. The number of benzene rings is 9. The predicted octanol–water partition coefficient (Wildman–Crippen LogP) is 15.7. The molecule has 9 aromatic carbocycles. The van der Waals surface area contributed by atoms with Gasteiger partial charge in [0, 0.05) is 55.0 Å². The fourth-order valence-corrected chi connectivity index (χ4v) is 10.0. The van der Waals surface area contributed by atoms with Gasteiger partial charge in [-0.2, -0.15) is 0 Å². The quantitative estimate of drug-likeness (QED) is 0.159. The summed E-state index contributed by atoms with van der Waals surface area (Å²) in [4.78, 5) is 25.7. The van der Waals surface area contributed by atoms with E-state index in [1.165, 1.54) is 22.3 Å². The average molecular weight is 872 g/mol. The summed E-state index contributed by atoms with van der Waals surface area (Å²) in [5.74, 6) is 2.43. The third kappa shape index (κ3) is 6.68. The van der Waals surface area contributed by atoms with Crippen molar-refractivity contribution in [2.75, 3.05) is 0 Å². The molecule has 13 rings (SSSR count). The van der Waals surface area contributed by atoms with E-state index in [9.17, 15) is 0 Å². The molecular formula is C62H41N5O. The molecule has 0 N–H and O–H groups in total. The van der Waals surface area contributed by atoms with Crippen molar-refractivity contribution in [1.29, 1.82) is 0 Å². The highest BCUT2D eigenvalue weighted by Gasteiger charge is 2.35. The molecule has 0 bridgehead atoms. The van der Waals surface area contributed by atoms with Crippen LogP contribution in [0.4, 0.5) is 0 Å². The van der Waals surface area contributed by atoms with Crippen LogP contribution in [-0.4, -0.2) is 24.9 Å². The van der Waals surface area contributed by atoms with Gasteiger partial charge in [0.1, 0.15) is 11.2 Å². The molecule has 0 atom stereocenters. The van der Waals surface area contributed by atoms with Crippen LogP contribution >= 0.6 is 0 Å². The highest BCUT2D eigenvalue weighted by Crippen LogP contribution is 2.49. The van der Waals surface area contributed by atoms with Gasteiger partial charge < -0.3 is 4.42 Å². The van der Waals surface area contributed by atoms with Gasteiger partial charge in [-0.25, -0.2) is 24.9 Å². The van der Waals surface area contributed by atoms with E-state index < -0.39 is 0 Å². The molecule has 3 aromatic heterocycles. The van der Waals surface area contributed by atoms with Crippen molar-refractivity contribution in [3.05, 3.63) is 223 Å². The molecule has 1 aliphatic rings. The Kier molecular flexibility index (Phi) is 9.08. The molecule has 0 radical (unpaired) electrons. The Morgan fingerprint density at radius 1 is 0.324 bits per heavy atom. The maximum atomic E-state index is 6.58. The molecule has 12 aromatic rings. The van der Waals surface area contributed by atoms with Crippen LogP contribution in [0.5, 0.6) is 0 Å². The standard InChI is InChI=1S/C62H41N5O/c1-62(2)52-26-12-11-25-48(52)49-30-28-44(35-53(49)62)55-37-54(63-58(64-55)39-16-5-3-6-17-39)43-22-13-20-41(33-43)42-21-14-23-45(34-42)60-65-59(40-18-7-4-8-19-40)66-61(67-60)46-29-31-50-51-32-27-38-15-9-10-24-47(38)57(51)68-56(50)36-46/h3-37H,1-2H3. The average Bonchev–Trinajstić information content (AvgIpc) is 3.90. The lowest BCUT2D eigenvalue weighted by Gasteiger charge is -2.22. The third-order valence-electron chi connectivity index (χ3n) is 13.5. The van der Waals surface area contributed by atoms with E-state index in [-0.39, 0.29) is 5.41 Å². The Bertz CT molecular complexity index is 3950. The predicted molar refractivity (Wildman–Crippen MR) is 276 cm³/mol. The minimum absolute atomic E-state index is 0.130. The SMILES string of the molecule is CC1(C)c2ccccc2-c2ccc(-c3cc(-c4cccc(-c5cccc(-c6nc(-c7ccccc7)nc(-c7ccc8c(c7)oc7c9ccccc9ccc87)n6)c5)c4)nc(-c4ccccc4)n3)cc21. The second-order valence-electron chi connectivity index (χ2n) is 18.1. The van der Waals surface area contributed by atoms with E-state index >= 15 is 0 Å². The highest BCUT2D eigenvalue weighted by molar-refractivity contribution is 6.15. The van der Waals surface area contributed by atoms with Crippen LogP contribution in [0.15, 0.2) is 217 Å². The van der Waals surface area contributed by atoms with Gasteiger partial charge in [0.2, 0.25) is 0 Å². The maximum Gasteiger partial charge on any atom is 0.164 e. The van der Waals surface area contributed by atoms with Gasteiger partial charge in [-0.1, -0.05) is 184 Å². The largest absolute Gasteiger partial charge is 0.455 e. The maximum absolute atomic E-state index is 6.58. The first kappa shape index (κ1) is 39.5. The van der Waals surface area contributed by atoms with Gasteiger partial charge in [0.15, 0.2) is 23.3 Å². The normalized spacial score (nSPS) is 12.7. The molecular weight excluding hydrogens is 831 g/mol. The van der Waals surface area contributed by atoms with Crippen LogP contribution in [0.1, 0.15) is 25.0 Å². The molecule has 1 aliphatic carbocycles. The van der Waals surface area contributed by atoms with Gasteiger partial charge in [0.05, 0.1) is 11.4 Å². The fraction of sp³-hybridized carbons (Fsp3) is 0.0484. The van der Waals surface area contributed by atoms with Crippen LogP contribution in [0.25, 0.3) is 123 Å². The van der Waals surface area contributed by atoms with Gasteiger partial charge in [0.25, 0.3) is 0 Å². The summed E-state index contributed by atoms with van der Waals surface area (Å²) >= 11 is 0. The van der Waals surface area contributed by atoms with Gasteiger partial charge in [-0.3, -0.25) is 0 Å². The monoisotopic (exact) mass is 871 g/mol. The lowest BCUT2D eigenvalue weighted by molar-refractivity contribution is 0.660. The molecule has 6 heteroatoms. The van der Waals surface area contributed by atoms with Crippen LogP contribution in [0.3, 0.4) is 0 Å². The van der Waals surface area contributed by atoms with E-state index in [2.05, 4.69) is 172 Å². The van der Waals surface area contributed by atoms with Crippen LogP contribution in [0.2, 0.25) is 0 Å². The Hall–Kier alpha value is -8.87. The molecule has 0 aliphatic heterocycles. The van der Waals surface area contributed by atoms with E-state index in [1.54, 1.807) is 0 Å². The van der Waals surface area contributed by atoms with Gasteiger partial charge >= 0.3 is 0 Å². The third-order valence-corrected chi connectivity index (χ3v) is 13.5. The Morgan fingerprint density at radius 2 is 0.838 bits per heavy atom. The first-order valence-corrected chi connectivity index (χ1v) is 23.0. The summed E-state index contributed by atoms with van der Waals surface area (Å²) in [6.45, 7) is 4.63. The minimum Gasteiger partial charge on any atom is -0.455 e. The van der Waals surface area contributed by atoms with Crippen molar-refractivity contribution in [2.45, 2.75) is 19.3 Å². The molecule has 320 valence electrons. The van der Waals surface area contributed by atoms with E-state index in [1.807, 2.05) is 54.6 Å². The van der Waals surface area contributed by atoms with Crippen LogP contribution < -0.4 is 0 Å². The van der Waals surface area contributed by atoms with Crippen LogP contribution in [-0.2, 0) is 5.41 Å². The molecule has 0 saturated carbocycles. The molecule has 0 amide bonds. The van der Waals surface area contributed by atoms with Gasteiger partial charge in [-0.15, -0.1) is 0 Å².